The van der Waals surface area contributed by atoms with Crippen molar-refractivity contribution < 1.29 is 30.2 Å². The molecule has 1 aliphatic heterocycles. The summed E-state index contributed by atoms with van der Waals surface area (Å²) < 4.78 is 17.8. The molecule has 1 aliphatic rings. The van der Waals surface area contributed by atoms with E-state index in [0.717, 1.165) is 73.0 Å². The number of nitrogens with zero attached hydrogens (tertiary/aromatic N) is 6. The molecular formula is C49H38N6O2PtSi. The van der Waals surface area contributed by atoms with Crippen LogP contribution in [0.2, 0.25) is 13.1 Å². The zero-order valence-electron chi connectivity index (χ0n) is 33.1. The number of ether oxygens (including phenoxy) is 1. The molecule has 6 heterocycles. The van der Waals surface area contributed by atoms with Crippen LogP contribution in [0.1, 0.15) is 26.3 Å². The van der Waals surface area contributed by atoms with E-state index in [2.05, 4.69) is 139 Å². The van der Waals surface area contributed by atoms with Crippen molar-refractivity contribution in [2.75, 3.05) is 4.90 Å². The molecule has 0 N–H and O–H groups in total. The van der Waals surface area contributed by atoms with Crippen LogP contribution in [0.5, 0.6) is 11.5 Å². The molecule has 5 aromatic carbocycles. The van der Waals surface area contributed by atoms with Crippen molar-refractivity contribution in [1.29, 1.82) is 0 Å². The Balaban J connectivity index is 0.00000420. The summed E-state index contributed by atoms with van der Waals surface area (Å²) in [5, 5.41) is 3.70. The summed E-state index contributed by atoms with van der Waals surface area (Å²) in [6.07, 6.45) is 3.83. The molecule has 0 saturated heterocycles. The van der Waals surface area contributed by atoms with Gasteiger partial charge in [0.2, 0.25) is 11.7 Å². The van der Waals surface area contributed by atoms with Crippen LogP contribution in [0.15, 0.2) is 144 Å². The largest absolute Gasteiger partial charge is 2.00 e. The quantitative estimate of drug-likeness (QED) is 0.126. The molecule has 0 radical (unpaired) electrons. The second-order valence-electron chi connectivity index (χ2n) is 16.4. The first-order chi connectivity index (χ1) is 28.1. The maximum atomic E-state index is 6.99. The number of rotatable bonds is 5. The molecule has 0 bridgehead atoms. The molecular weight excluding hydrogens is 928 g/mol. The minimum Gasteiger partial charge on any atom is -0.503 e. The van der Waals surface area contributed by atoms with E-state index in [1.165, 1.54) is 10.4 Å². The third-order valence-corrected chi connectivity index (χ3v) is 14.9. The summed E-state index contributed by atoms with van der Waals surface area (Å²) in [6, 6.07) is 50.6. The molecule has 10 heteroatoms. The van der Waals surface area contributed by atoms with Gasteiger partial charge in [-0.15, -0.1) is 42.0 Å². The van der Waals surface area contributed by atoms with Gasteiger partial charge in [0.1, 0.15) is 19.5 Å². The van der Waals surface area contributed by atoms with E-state index < -0.39 is 8.07 Å². The standard InChI is InChI=1S/C49H38N6O2Si.Pt/c1-49(2,3)32-22-25-43(51-30-32)55-41-29-35(23-24-39(41)54-38-19-10-9-18-37(38)52-48(54)55)56-34-17-13-14-31(28-34)44-45-36(26-27-50-44)46-47(57-45)53(33-15-7-6-8-16-33)40-20-11-12-21-42(40)58(46,4)5;/h6-27,30H,1-5H3;/q-2;+2. The normalized spacial score (nSPS) is 13.5. The molecule has 0 unspecified atom stereocenters. The van der Waals surface area contributed by atoms with E-state index in [9.17, 15) is 0 Å². The van der Waals surface area contributed by atoms with Crippen LogP contribution >= 0.6 is 0 Å². The van der Waals surface area contributed by atoms with Gasteiger partial charge >= 0.3 is 21.1 Å². The van der Waals surface area contributed by atoms with Crippen molar-refractivity contribution in [2.45, 2.75) is 39.3 Å². The van der Waals surface area contributed by atoms with Crippen molar-refractivity contribution in [3.63, 3.8) is 0 Å². The van der Waals surface area contributed by atoms with Gasteiger partial charge in [-0.25, -0.2) is 9.97 Å². The van der Waals surface area contributed by atoms with Crippen molar-refractivity contribution in [3.8, 4) is 28.6 Å². The average molecular weight is 966 g/mol. The van der Waals surface area contributed by atoms with Gasteiger partial charge in [0.25, 0.3) is 0 Å². The van der Waals surface area contributed by atoms with E-state index >= 15 is 0 Å². The van der Waals surface area contributed by atoms with E-state index in [1.54, 1.807) is 0 Å². The summed E-state index contributed by atoms with van der Waals surface area (Å²) in [7, 11) is -2.21. The molecule has 11 rings (SSSR count). The molecule has 0 atom stereocenters. The second-order valence-corrected chi connectivity index (χ2v) is 20.7. The van der Waals surface area contributed by atoms with Crippen LogP contribution in [0, 0.1) is 12.1 Å². The van der Waals surface area contributed by atoms with Gasteiger partial charge in [-0.3, -0.25) is 9.47 Å². The SMILES string of the molecule is CC(C)(C)c1ccc(-n2c3[c-]c(Oc4[c-]c(-c5nccc6c7c(oc56)N(c5ccccc5)c5ccccc5[Si]7(C)C)ccc4)ccc3n3c4ccccc4nc23)nc1.[Pt+2]. The summed E-state index contributed by atoms with van der Waals surface area (Å²) in [5.74, 6) is 3.45. The third kappa shape index (κ3) is 5.78. The zero-order chi connectivity index (χ0) is 39.3. The minimum atomic E-state index is -2.21. The number of para-hydroxylation sites is 4. The first-order valence-corrected chi connectivity index (χ1v) is 22.5. The Bertz CT molecular complexity index is 3230. The van der Waals surface area contributed by atoms with Gasteiger partial charge in [-0.05, 0) is 69.7 Å². The molecule has 0 fully saturated rings. The van der Waals surface area contributed by atoms with Gasteiger partial charge in [-0.2, -0.15) is 0 Å². The fraction of sp³-hybridized carbons (Fsp3) is 0.122. The molecule has 290 valence electrons. The summed E-state index contributed by atoms with van der Waals surface area (Å²) in [5.41, 5.74) is 9.25. The number of fused-ring (bicyclic) bond motifs is 9. The van der Waals surface area contributed by atoms with Crippen LogP contribution in [0.25, 0.3) is 55.9 Å². The monoisotopic (exact) mass is 965 g/mol. The van der Waals surface area contributed by atoms with Gasteiger partial charge in [0, 0.05) is 51.5 Å². The molecule has 8 nitrogen and oxygen atoms in total. The summed E-state index contributed by atoms with van der Waals surface area (Å²) >= 11 is 0. The Morgan fingerprint density at radius 1 is 0.729 bits per heavy atom. The number of benzene rings is 5. The van der Waals surface area contributed by atoms with E-state index in [0.29, 0.717) is 17.2 Å². The molecule has 0 amide bonds. The van der Waals surface area contributed by atoms with Crippen molar-refractivity contribution in [1.82, 2.24) is 23.9 Å². The van der Waals surface area contributed by atoms with Crippen molar-refractivity contribution >= 4 is 74.5 Å². The van der Waals surface area contributed by atoms with Crippen LogP contribution in [0.4, 0.5) is 17.3 Å². The third-order valence-electron chi connectivity index (χ3n) is 11.4. The molecule has 0 saturated carbocycles. The predicted molar refractivity (Wildman–Crippen MR) is 235 cm³/mol. The van der Waals surface area contributed by atoms with Gasteiger partial charge in [0.05, 0.1) is 11.0 Å². The first-order valence-electron chi connectivity index (χ1n) is 19.5. The fourth-order valence-electron chi connectivity index (χ4n) is 8.55. The molecule has 59 heavy (non-hydrogen) atoms. The number of aromatic nitrogens is 5. The molecule has 0 spiro atoms. The number of anilines is 3. The van der Waals surface area contributed by atoms with Crippen LogP contribution in [0.3, 0.4) is 0 Å². The number of hydrogen-bond acceptors (Lipinski definition) is 6. The first kappa shape index (κ1) is 37.0. The van der Waals surface area contributed by atoms with Crippen LogP contribution in [-0.2, 0) is 26.5 Å². The fourth-order valence-corrected chi connectivity index (χ4v) is 11.7. The molecule has 10 aromatic rings. The smallest absolute Gasteiger partial charge is 0.503 e. The van der Waals surface area contributed by atoms with E-state index in [4.69, 9.17) is 24.1 Å². The predicted octanol–water partition coefficient (Wildman–Crippen LogP) is 10.9. The average Bonchev–Trinajstić information content (AvgIpc) is 3.90. The Morgan fingerprint density at radius 2 is 1.51 bits per heavy atom. The van der Waals surface area contributed by atoms with Gasteiger partial charge < -0.3 is 18.5 Å². The Morgan fingerprint density at radius 3 is 2.32 bits per heavy atom. The minimum absolute atomic E-state index is 0. The number of pyridine rings is 2. The maximum Gasteiger partial charge on any atom is 2.00 e. The van der Waals surface area contributed by atoms with Crippen molar-refractivity contribution in [2.24, 2.45) is 0 Å². The van der Waals surface area contributed by atoms with E-state index in [1.807, 2.05) is 60.9 Å². The van der Waals surface area contributed by atoms with Gasteiger partial charge in [-0.1, -0.05) is 94.5 Å². The van der Waals surface area contributed by atoms with Gasteiger partial charge in [0.15, 0.2) is 0 Å². The van der Waals surface area contributed by atoms with Crippen molar-refractivity contribution in [3.05, 3.63) is 157 Å². The molecule has 5 aromatic heterocycles. The second kappa shape index (κ2) is 13.6. The Kier molecular flexibility index (Phi) is 8.56. The topological polar surface area (TPSA) is 73.6 Å². The Hall–Kier alpha value is -6.28. The van der Waals surface area contributed by atoms with Crippen LogP contribution in [-0.4, -0.2) is 32.0 Å². The number of furan rings is 1. The Labute approximate surface area is 357 Å². The maximum absolute atomic E-state index is 6.99. The van der Waals surface area contributed by atoms with E-state index in [-0.39, 0.29) is 26.5 Å². The van der Waals surface area contributed by atoms with Crippen LogP contribution < -0.4 is 20.0 Å². The zero-order valence-corrected chi connectivity index (χ0v) is 36.4. The molecule has 0 aliphatic carbocycles. The summed E-state index contributed by atoms with van der Waals surface area (Å²) in [6.45, 7) is 11.4. The summed E-state index contributed by atoms with van der Waals surface area (Å²) in [4.78, 5) is 17.1. The number of hydrogen-bond donors (Lipinski definition) is 0. The number of imidazole rings is 2.